The van der Waals surface area contributed by atoms with Crippen LogP contribution >= 0.6 is 23.2 Å². The lowest BCUT2D eigenvalue weighted by atomic mass is 9.79. The molecular weight excluding hydrogens is 406 g/mol. The van der Waals surface area contributed by atoms with Crippen molar-refractivity contribution in [1.82, 2.24) is 10.6 Å². The zero-order valence-corrected chi connectivity index (χ0v) is 16.4. The zero-order valence-electron chi connectivity index (χ0n) is 14.9. The lowest BCUT2D eigenvalue weighted by Crippen LogP contribution is -2.50. The summed E-state index contributed by atoms with van der Waals surface area (Å²) in [6.45, 7) is 0.208. The predicted molar refractivity (Wildman–Crippen MR) is 105 cm³/mol. The maximum absolute atomic E-state index is 13.3. The highest BCUT2D eigenvalue weighted by molar-refractivity contribution is 6.30. The number of carbonyl (C=O) groups is 2. The van der Waals surface area contributed by atoms with Crippen LogP contribution in [0.1, 0.15) is 18.4 Å². The SMILES string of the molecule is O=C(COc1ccc(Cl)c(F)c1)NC1CC(C(=O)NCc2ccc(Cl)cc2)C1. The molecule has 0 aliphatic heterocycles. The summed E-state index contributed by atoms with van der Waals surface area (Å²) in [6.07, 6.45) is 1.15. The molecule has 0 aromatic heterocycles. The van der Waals surface area contributed by atoms with Gasteiger partial charge in [-0.3, -0.25) is 9.59 Å². The minimum atomic E-state index is -0.606. The van der Waals surface area contributed by atoms with E-state index >= 15 is 0 Å². The third kappa shape index (κ3) is 5.59. The van der Waals surface area contributed by atoms with Crippen molar-refractivity contribution in [3.63, 3.8) is 0 Å². The van der Waals surface area contributed by atoms with E-state index in [0.29, 0.717) is 24.4 Å². The number of hydrogen-bond acceptors (Lipinski definition) is 3. The maximum Gasteiger partial charge on any atom is 0.258 e. The zero-order chi connectivity index (χ0) is 20.1. The Morgan fingerprint density at radius 2 is 1.82 bits per heavy atom. The molecule has 2 aromatic carbocycles. The molecule has 8 heteroatoms. The highest BCUT2D eigenvalue weighted by Gasteiger charge is 2.35. The summed E-state index contributed by atoms with van der Waals surface area (Å²) in [6, 6.07) is 11.2. The number of amides is 2. The number of hydrogen-bond donors (Lipinski definition) is 2. The summed E-state index contributed by atoms with van der Waals surface area (Å²) in [5.41, 5.74) is 0.970. The van der Waals surface area contributed by atoms with Gasteiger partial charge in [-0.1, -0.05) is 35.3 Å². The average Bonchev–Trinajstić information content (AvgIpc) is 2.64. The van der Waals surface area contributed by atoms with Crippen LogP contribution in [0, 0.1) is 11.7 Å². The molecule has 2 aromatic rings. The van der Waals surface area contributed by atoms with E-state index in [2.05, 4.69) is 10.6 Å². The molecule has 0 radical (unpaired) electrons. The molecule has 0 unspecified atom stereocenters. The van der Waals surface area contributed by atoms with Gasteiger partial charge in [0.2, 0.25) is 5.91 Å². The second-order valence-electron chi connectivity index (χ2n) is 6.64. The molecule has 0 heterocycles. The van der Waals surface area contributed by atoms with E-state index in [-0.39, 0.29) is 41.2 Å². The Bertz CT molecular complexity index is 855. The van der Waals surface area contributed by atoms with Crippen molar-refractivity contribution in [1.29, 1.82) is 0 Å². The van der Waals surface area contributed by atoms with Crippen molar-refractivity contribution in [3.05, 3.63) is 63.9 Å². The molecule has 2 N–H and O–H groups in total. The number of halogens is 3. The number of carbonyl (C=O) groups excluding carboxylic acids is 2. The Kier molecular flexibility index (Phi) is 6.75. The molecule has 2 amide bonds. The fraction of sp³-hybridized carbons (Fsp3) is 0.300. The van der Waals surface area contributed by atoms with Crippen LogP contribution in [0.2, 0.25) is 10.0 Å². The van der Waals surface area contributed by atoms with Gasteiger partial charge in [0.05, 0.1) is 5.02 Å². The molecule has 0 saturated heterocycles. The van der Waals surface area contributed by atoms with Gasteiger partial charge in [0.25, 0.3) is 5.91 Å². The van der Waals surface area contributed by atoms with Crippen LogP contribution in [0.4, 0.5) is 4.39 Å². The smallest absolute Gasteiger partial charge is 0.258 e. The topological polar surface area (TPSA) is 67.4 Å². The third-order valence-electron chi connectivity index (χ3n) is 4.51. The van der Waals surface area contributed by atoms with Crippen LogP contribution < -0.4 is 15.4 Å². The first kappa shape index (κ1) is 20.4. The average molecular weight is 425 g/mol. The second-order valence-corrected chi connectivity index (χ2v) is 7.49. The van der Waals surface area contributed by atoms with Gasteiger partial charge in [-0.2, -0.15) is 0 Å². The molecular formula is C20H19Cl2FN2O3. The van der Waals surface area contributed by atoms with Crippen molar-refractivity contribution < 1.29 is 18.7 Å². The summed E-state index contributed by atoms with van der Waals surface area (Å²) in [7, 11) is 0. The van der Waals surface area contributed by atoms with Crippen molar-refractivity contribution in [2.45, 2.75) is 25.4 Å². The van der Waals surface area contributed by atoms with E-state index in [9.17, 15) is 14.0 Å². The Labute approximate surface area is 172 Å². The molecule has 1 aliphatic carbocycles. The van der Waals surface area contributed by atoms with E-state index in [1.54, 1.807) is 12.1 Å². The third-order valence-corrected chi connectivity index (χ3v) is 5.07. The van der Waals surface area contributed by atoms with Crippen molar-refractivity contribution in [2.75, 3.05) is 6.61 Å². The van der Waals surface area contributed by atoms with Gasteiger partial charge in [-0.15, -0.1) is 0 Å². The van der Waals surface area contributed by atoms with Gasteiger partial charge < -0.3 is 15.4 Å². The van der Waals surface area contributed by atoms with Gasteiger partial charge in [0.1, 0.15) is 11.6 Å². The quantitative estimate of drug-likeness (QED) is 0.711. The van der Waals surface area contributed by atoms with Gasteiger partial charge in [-0.25, -0.2) is 4.39 Å². The van der Waals surface area contributed by atoms with Crippen molar-refractivity contribution >= 4 is 35.0 Å². The first-order valence-corrected chi connectivity index (χ1v) is 9.55. The van der Waals surface area contributed by atoms with E-state index < -0.39 is 5.82 Å². The Balaban J connectivity index is 1.34. The van der Waals surface area contributed by atoms with Crippen LogP contribution in [0.5, 0.6) is 5.75 Å². The molecule has 1 aliphatic rings. The summed E-state index contributed by atoms with van der Waals surface area (Å²) in [4.78, 5) is 24.1. The van der Waals surface area contributed by atoms with E-state index in [1.165, 1.54) is 12.1 Å². The molecule has 5 nitrogen and oxygen atoms in total. The standard InChI is InChI=1S/C20H19Cl2FN2O3/c21-14-3-1-12(2-4-14)10-24-20(27)13-7-15(8-13)25-19(26)11-28-16-5-6-17(22)18(23)9-16/h1-6,9,13,15H,7-8,10-11H2,(H,24,27)(H,25,26). The van der Waals surface area contributed by atoms with Crippen molar-refractivity contribution in [2.24, 2.45) is 5.92 Å². The molecule has 28 heavy (non-hydrogen) atoms. The lowest BCUT2D eigenvalue weighted by molar-refractivity contribution is -0.131. The number of nitrogens with one attached hydrogen (secondary N) is 2. The van der Waals surface area contributed by atoms with Crippen LogP contribution in [-0.2, 0) is 16.1 Å². The fourth-order valence-corrected chi connectivity index (χ4v) is 3.11. The van der Waals surface area contributed by atoms with E-state index in [4.69, 9.17) is 27.9 Å². The molecule has 0 spiro atoms. The van der Waals surface area contributed by atoms with E-state index in [1.807, 2.05) is 12.1 Å². The molecule has 3 rings (SSSR count). The lowest BCUT2D eigenvalue weighted by Gasteiger charge is -2.34. The molecule has 0 atom stereocenters. The van der Waals surface area contributed by atoms with Crippen LogP contribution in [0.15, 0.2) is 42.5 Å². The predicted octanol–water partition coefficient (Wildman–Crippen LogP) is 3.72. The van der Waals surface area contributed by atoms with Crippen LogP contribution in [0.25, 0.3) is 0 Å². The van der Waals surface area contributed by atoms with Gasteiger partial charge in [0, 0.05) is 29.6 Å². The molecule has 1 fully saturated rings. The molecule has 148 valence electrons. The highest BCUT2D eigenvalue weighted by Crippen LogP contribution is 2.27. The first-order valence-electron chi connectivity index (χ1n) is 8.80. The maximum atomic E-state index is 13.3. The second kappa shape index (κ2) is 9.26. The van der Waals surface area contributed by atoms with Crippen LogP contribution in [0.3, 0.4) is 0 Å². The van der Waals surface area contributed by atoms with Gasteiger partial charge in [-0.05, 0) is 42.7 Å². The van der Waals surface area contributed by atoms with Gasteiger partial charge >= 0.3 is 0 Å². The van der Waals surface area contributed by atoms with E-state index in [0.717, 1.165) is 11.6 Å². The molecule has 1 saturated carbocycles. The number of ether oxygens (including phenoxy) is 1. The summed E-state index contributed by atoms with van der Waals surface area (Å²) in [5, 5.41) is 6.33. The largest absolute Gasteiger partial charge is 0.484 e. The normalized spacial score (nSPS) is 18.1. The monoisotopic (exact) mass is 424 g/mol. The van der Waals surface area contributed by atoms with Gasteiger partial charge in [0.15, 0.2) is 6.61 Å². The first-order chi connectivity index (χ1) is 13.4. The summed E-state index contributed by atoms with van der Waals surface area (Å²) in [5.74, 6) is -0.853. The Hall–Kier alpha value is -2.31. The summed E-state index contributed by atoms with van der Waals surface area (Å²) < 4.78 is 18.6. The minimum absolute atomic E-state index is 0.00773. The Morgan fingerprint density at radius 1 is 1.11 bits per heavy atom. The van der Waals surface area contributed by atoms with Crippen LogP contribution in [-0.4, -0.2) is 24.5 Å². The Morgan fingerprint density at radius 3 is 2.50 bits per heavy atom. The van der Waals surface area contributed by atoms with Crippen molar-refractivity contribution in [3.8, 4) is 5.75 Å². The number of benzene rings is 2. The minimum Gasteiger partial charge on any atom is -0.484 e. The number of rotatable bonds is 7. The molecule has 0 bridgehead atoms. The fourth-order valence-electron chi connectivity index (χ4n) is 2.87. The summed E-state index contributed by atoms with van der Waals surface area (Å²) >= 11 is 11.4. The highest BCUT2D eigenvalue weighted by atomic mass is 35.5.